The summed E-state index contributed by atoms with van der Waals surface area (Å²) in [5.74, 6) is 0.356. The molecule has 1 N–H and O–H groups in total. The van der Waals surface area contributed by atoms with Crippen molar-refractivity contribution >= 4 is 5.91 Å². The number of nitrogens with one attached hydrogen (secondary N) is 1. The van der Waals surface area contributed by atoms with Crippen LogP contribution in [0, 0.1) is 5.41 Å². The number of nitrogens with zero attached hydrogens (tertiary/aromatic N) is 1. The van der Waals surface area contributed by atoms with Gasteiger partial charge in [0.1, 0.15) is 0 Å². The van der Waals surface area contributed by atoms with Crippen LogP contribution >= 0.6 is 0 Å². The van der Waals surface area contributed by atoms with Crippen molar-refractivity contribution in [1.29, 1.82) is 0 Å². The first-order chi connectivity index (χ1) is 5.75. The molecule has 1 atom stereocenters. The largest absolute Gasteiger partial charge is 0.345 e. The Morgan fingerprint density at radius 3 is 2.83 bits per heavy atom. The Kier molecular flexibility index (Phi) is 1.83. The third-order valence-corrected chi connectivity index (χ3v) is 3.20. The van der Waals surface area contributed by atoms with Gasteiger partial charge >= 0.3 is 0 Å². The second kappa shape index (κ2) is 2.73. The number of hydrogen-bond donors (Lipinski definition) is 1. The van der Waals surface area contributed by atoms with E-state index >= 15 is 0 Å². The molecule has 12 heavy (non-hydrogen) atoms. The van der Waals surface area contributed by atoms with Gasteiger partial charge in [-0.1, -0.05) is 0 Å². The van der Waals surface area contributed by atoms with Crippen LogP contribution in [0.3, 0.4) is 0 Å². The van der Waals surface area contributed by atoms with E-state index in [1.807, 2.05) is 11.9 Å². The highest BCUT2D eigenvalue weighted by Crippen LogP contribution is 2.36. The summed E-state index contributed by atoms with van der Waals surface area (Å²) in [5.41, 5.74) is -0.0208. The van der Waals surface area contributed by atoms with Gasteiger partial charge in [0.15, 0.2) is 0 Å². The lowest BCUT2D eigenvalue weighted by Crippen LogP contribution is -2.45. The highest BCUT2D eigenvalue weighted by molar-refractivity contribution is 5.85. The van der Waals surface area contributed by atoms with Crippen molar-refractivity contribution in [3.63, 3.8) is 0 Å². The summed E-state index contributed by atoms with van der Waals surface area (Å²) < 4.78 is 0. The molecule has 0 aliphatic carbocycles. The molecule has 2 aliphatic rings. The van der Waals surface area contributed by atoms with E-state index in [4.69, 9.17) is 0 Å². The van der Waals surface area contributed by atoms with Gasteiger partial charge in [0, 0.05) is 20.1 Å². The van der Waals surface area contributed by atoms with Crippen molar-refractivity contribution in [3.8, 4) is 0 Å². The summed E-state index contributed by atoms with van der Waals surface area (Å²) in [6, 6.07) is 0. The molecular formula is C9H16N2O. The van der Waals surface area contributed by atoms with E-state index in [1.165, 1.54) is 0 Å². The summed E-state index contributed by atoms with van der Waals surface area (Å²) in [6.45, 7) is 2.93. The first kappa shape index (κ1) is 8.05. The molecule has 2 aliphatic heterocycles. The van der Waals surface area contributed by atoms with Crippen molar-refractivity contribution < 1.29 is 4.79 Å². The molecule has 2 rings (SSSR count). The molecule has 3 heteroatoms. The lowest BCUT2D eigenvalue weighted by Gasteiger charge is -2.31. The van der Waals surface area contributed by atoms with Gasteiger partial charge in [-0.3, -0.25) is 4.79 Å². The lowest BCUT2D eigenvalue weighted by atomic mass is 9.79. The molecule has 68 valence electrons. The minimum absolute atomic E-state index is 0.0208. The number of hydrogen-bond acceptors (Lipinski definition) is 2. The van der Waals surface area contributed by atoms with Gasteiger partial charge in [0.05, 0.1) is 5.41 Å². The van der Waals surface area contributed by atoms with E-state index in [2.05, 4.69) is 5.32 Å². The van der Waals surface area contributed by atoms with Crippen molar-refractivity contribution in [1.82, 2.24) is 10.2 Å². The van der Waals surface area contributed by atoms with Crippen LogP contribution in [-0.4, -0.2) is 37.5 Å². The van der Waals surface area contributed by atoms with Gasteiger partial charge in [-0.05, 0) is 25.8 Å². The Morgan fingerprint density at radius 2 is 2.33 bits per heavy atom. The fourth-order valence-corrected chi connectivity index (χ4v) is 2.36. The molecule has 0 saturated carbocycles. The summed E-state index contributed by atoms with van der Waals surface area (Å²) in [7, 11) is 1.91. The minimum Gasteiger partial charge on any atom is -0.345 e. The number of carbonyl (C=O) groups excluding carboxylic acids is 1. The molecule has 0 radical (unpaired) electrons. The van der Waals surface area contributed by atoms with E-state index in [0.29, 0.717) is 5.91 Å². The van der Waals surface area contributed by atoms with Gasteiger partial charge in [0.2, 0.25) is 5.91 Å². The average Bonchev–Trinajstić information content (AvgIpc) is 2.37. The molecule has 2 fully saturated rings. The van der Waals surface area contributed by atoms with Crippen LogP contribution in [0.1, 0.15) is 19.3 Å². The lowest BCUT2D eigenvalue weighted by molar-refractivity contribution is -0.135. The maximum absolute atomic E-state index is 11.8. The molecule has 0 aromatic rings. The van der Waals surface area contributed by atoms with Gasteiger partial charge in [-0.2, -0.15) is 0 Å². The fourth-order valence-electron chi connectivity index (χ4n) is 2.36. The minimum atomic E-state index is -0.0208. The molecule has 0 bridgehead atoms. The molecule has 1 amide bonds. The smallest absolute Gasteiger partial charge is 0.229 e. The normalized spacial score (nSPS) is 36.4. The van der Waals surface area contributed by atoms with Crippen molar-refractivity contribution in [3.05, 3.63) is 0 Å². The van der Waals surface area contributed by atoms with Crippen LogP contribution in [0.2, 0.25) is 0 Å². The zero-order chi connectivity index (χ0) is 8.60. The van der Waals surface area contributed by atoms with Gasteiger partial charge in [0.25, 0.3) is 0 Å². The summed E-state index contributed by atoms with van der Waals surface area (Å²) in [6.07, 6.45) is 3.29. The van der Waals surface area contributed by atoms with E-state index in [0.717, 1.165) is 38.9 Å². The van der Waals surface area contributed by atoms with Gasteiger partial charge in [-0.15, -0.1) is 0 Å². The van der Waals surface area contributed by atoms with Crippen LogP contribution in [-0.2, 0) is 4.79 Å². The van der Waals surface area contributed by atoms with E-state index in [-0.39, 0.29) is 5.41 Å². The summed E-state index contributed by atoms with van der Waals surface area (Å²) in [5, 5.41) is 3.32. The SMILES string of the molecule is CN1CCC2(CCCNC2)C1=O. The Morgan fingerprint density at radius 1 is 1.50 bits per heavy atom. The maximum atomic E-state index is 11.8. The Bertz CT molecular complexity index is 191. The van der Waals surface area contributed by atoms with Crippen molar-refractivity contribution in [2.45, 2.75) is 19.3 Å². The van der Waals surface area contributed by atoms with Crippen LogP contribution < -0.4 is 5.32 Å². The molecule has 1 spiro atoms. The number of piperidine rings is 1. The Labute approximate surface area is 73.1 Å². The number of likely N-dealkylation sites (tertiary alicyclic amines) is 1. The van der Waals surface area contributed by atoms with Crippen LogP contribution in [0.4, 0.5) is 0 Å². The van der Waals surface area contributed by atoms with Crippen LogP contribution in [0.25, 0.3) is 0 Å². The van der Waals surface area contributed by atoms with Gasteiger partial charge < -0.3 is 10.2 Å². The monoisotopic (exact) mass is 168 g/mol. The molecule has 2 heterocycles. The molecule has 1 unspecified atom stereocenters. The van der Waals surface area contributed by atoms with E-state index in [1.54, 1.807) is 0 Å². The molecule has 0 aromatic heterocycles. The van der Waals surface area contributed by atoms with Crippen LogP contribution in [0.5, 0.6) is 0 Å². The topological polar surface area (TPSA) is 32.3 Å². The average molecular weight is 168 g/mol. The zero-order valence-electron chi connectivity index (χ0n) is 7.60. The summed E-state index contributed by atoms with van der Waals surface area (Å²) in [4.78, 5) is 13.6. The quantitative estimate of drug-likeness (QED) is 0.561. The molecule has 2 saturated heterocycles. The predicted molar refractivity (Wildman–Crippen MR) is 46.8 cm³/mol. The highest BCUT2D eigenvalue weighted by Gasteiger charge is 2.45. The summed E-state index contributed by atoms with van der Waals surface area (Å²) >= 11 is 0. The first-order valence-electron chi connectivity index (χ1n) is 4.71. The molecule has 3 nitrogen and oxygen atoms in total. The van der Waals surface area contributed by atoms with Crippen LogP contribution in [0.15, 0.2) is 0 Å². The fraction of sp³-hybridized carbons (Fsp3) is 0.889. The number of amides is 1. The van der Waals surface area contributed by atoms with Crippen molar-refractivity contribution in [2.75, 3.05) is 26.7 Å². The number of carbonyl (C=O) groups is 1. The predicted octanol–water partition coefficient (Wildman–Crippen LogP) is 0.218. The second-order valence-electron chi connectivity index (χ2n) is 4.04. The molecule has 0 aromatic carbocycles. The maximum Gasteiger partial charge on any atom is 0.229 e. The third-order valence-electron chi connectivity index (χ3n) is 3.20. The Balaban J connectivity index is 2.14. The molecular weight excluding hydrogens is 152 g/mol. The number of rotatable bonds is 0. The van der Waals surface area contributed by atoms with E-state index < -0.39 is 0 Å². The highest BCUT2D eigenvalue weighted by atomic mass is 16.2. The second-order valence-corrected chi connectivity index (χ2v) is 4.04. The Hall–Kier alpha value is -0.570. The first-order valence-corrected chi connectivity index (χ1v) is 4.71. The standard InChI is InChI=1S/C9H16N2O/c1-11-6-4-9(8(11)12)3-2-5-10-7-9/h10H,2-7H2,1H3. The zero-order valence-corrected chi connectivity index (χ0v) is 7.60. The van der Waals surface area contributed by atoms with E-state index in [9.17, 15) is 4.79 Å². The van der Waals surface area contributed by atoms with Crippen molar-refractivity contribution in [2.24, 2.45) is 5.41 Å². The van der Waals surface area contributed by atoms with Gasteiger partial charge in [-0.25, -0.2) is 0 Å². The third kappa shape index (κ3) is 1.04.